The standard InChI is InChI=1S/C13H19BClNO2S/c1-12(2)13(3,4)18-14(17-12)10(8-16)7-9-5-6-19-11(9)15/h5-7H,8,16H2,1-4H3. The summed E-state index contributed by atoms with van der Waals surface area (Å²) < 4.78 is 12.7. The second kappa shape index (κ2) is 5.22. The Kier molecular flexibility index (Phi) is 4.14. The molecule has 0 unspecified atom stereocenters. The van der Waals surface area contributed by atoms with Crippen LogP contribution in [-0.2, 0) is 9.31 Å². The molecule has 19 heavy (non-hydrogen) atoms. The molecule has 0 aliphatic carbocycles. The number of thiophene rings is 1. The summed E-state index contributed by atoms with van der Waals surface area (Å²) in [6.07, 6.45) is 1.96. The van der Waals surface area contributed by atoms with Gasteiger partial charge in [-0.2, -0.15) is 0 Å². The summed E-state index contributed by atoms with van der Waals surface area (Å²) in [7, 11) is -0.411. The Bertz CT molecular complexity index is 483. The molecular formula is C13H19BClNO2S. The molecule has 6 heteroatoms. The second-order valence-corrected chi connectivity index (χ2v) is 7.18. The van der Waals surface area contributed by atoms with E-state index in [1.807, 2.05) is 45.2 Å². The van der Waals surface area contributed by atoms with Crippen LogP contribution in [0.5, 0.6) is 0 Å². The molecule has 2 rings (SSSR count). The lowest BCUT2D eigenvalue weighted by atomic mass is 9.77. The quantitative estimate of drug-likeness (QED) is 0.870. The van der Waals surface area contributed by atoms with Gasteiger partial charge in [0.05, 0.1) is 11.2 Å². The van der Waals surface area contributed by atoms with Gasteiger partial charge in [-0.3, -0.25) is 0 Å². The molecule has 1 aliphatic rings. The Balaban J connectivity index is 2.26. The van der Waals surface area contributed by atoms with Gasteiger partial charge in [-0.25, -0.2) is 0 Å². The minimum absolute atomic E-state index is 0.357. The fourth-order valence-corrected chi connectivity index (χ4v) is 2.69. The highest BCUT2D eigenvalue weighted by Gasteiger charge is 2.52. The van der Waals surface area contributed by atoms with E-state index in [0.29, 0.717) is 6.54 Å². The van der Waals surface area contributed by atoms with Gasteiger partial charge in [0.2, 0.25) is 0 Å². The molecule has 0 radical (unpaired) electrons. The highest BCUT2D eigenvalue weighted by Crippen LogP contribution is 2.39. The first-order chi connectivity index (χ1) is 8.77. The number of hydrogen-bond acceptors (Lipinski definition) is 4. The van der Waals surface area contributed by atoms with E-state index >= 15 is 0 Å². The van der Waals surface area contributed by atoms with Crippen molar-refractivity contribution in [1.82, 2.24) is 0 Å². The predicted octanol–water partition coefficient (Wildman–Crippen LogP) is 3.38. The Morgan fingerprint density at radius 2 is 1.95 bits per heavy atom. The van der Waals surface area contributed by atoms with Crippen LogP contribution < -0.4 is 5.73 Å². The van der Waals surface area contributed by atoms with E-state index in [1.165, 1.54) is 11.3 Å². The van der Waals surface area contributed by atoms with Crippen LogP contribution in [-0.4, -0.2) is 24.9 Å². The SMILES string of the molecule is CC1(C)OB(C(=Cc2ccsc2Cl)CN)OC1(C)C. The van der Waals surface area contributed by atoms with Crippen LogP contribution in [0.1, 0.15) is 33.3 Å². The van der Waals surface area contributed by atoms with Crippen LogP contribution in [0.15, 0.2) is 16.9 Å². The molecule has 104 valence electrons. The Hall–Kier alpha value is -0.325. The van der Waals surface area contributed by atoms with Crippen LogP contribution in [0, 0.1) is 0 Å². The Morgan fingerprint density at radius 3 is 2.37 bits per heavy atom. The van der Waals surface area contributed by atoms with E-state index < -0.39 is 7.12 Å². The van der Waals surface area contributed by atoms with Crippen LogP contribution >= 0.6 is 22.9 Å². The zero-order valence-electron chi connectivity index (χ0n) is 11.7. The lowest BCUT2D eigenvalue weighted by molar-refractivity contribution is 0.00578. The Morgan fingerprint density at radius 1 is 1.37 bits per heavy atom. The molecule has 0 atom stereocenters. The second-order valence-electron chi connectivity index (χ2n) is 5.66. The summed E-state index contributed by atoms with van der Waals surface area (Å²) in [5, 5.41) is 1.95. The van der Waals surface area contributed by atoms with Crippen molar-refractivity contribution in [2.75, 3.05) is 6.54 Å². The molecule has 2 N–H and O–H groups in total. The zero-order chi connectivity index (χ0) is 14.3. The molecule has 1 fully saturated rings. The molecule has 1 aromatic rings. The van der Waals surface area contributed by atoms with Crippen molar-refractivity contribution < 1.29 is 9.31 Å². The highest BCUT2D eigenvalue weighted by molar-refractivity contribution is 7.14. The summed E-state index contributed by atoms with van der Waals surface area (Å²) in [6, 6.07) is 1.97. The maximum atomic E-state index is 6.11. The van der Waals surface area contributed by atoms with E-state index in [1.54, 1.807) is 0 Å². The third kappa shape index (κ3) is 2.90. The van der Waals surface area contributed by atoms with Crippen molar-refractivity contribution >= 4 is 36.1 Å². The maximum absolute atomic E-state index is 6.11. The summed E-state index contributed by atoms with van der Waals surface area (Å²) in [6.45, 7) is 8.48. The van der Waals surface area contributed by atoms with Gasteiger partial charge >= 0.3 is 7.12 Å². The first-order valence-electron chi connectivity index (χ1n) is 6.26. The molecule has 0 amide bonds. The van der Waals surface area contributed by atoms with Crippen molar-refractivity contribution in [1.29, 1.82) is 0 Å². The summed E-state index contributed by atoms with van der Waals surface area (Å²) in [4.78, 5) is 0. The lowest BCUT2D eigenvalue weighted by Crippen LogP contribution is -2.41. The van der Waals surface area contributed by atoms with Crippen LogP contribution in [0.3, 0.4) is 0 Å². The molecule has 0 aromatic carbocycles. The Labute approximate surface area is 123 Å². The van der Waals surface area contributed by atoms with Crippen molar-refractivity contribution in [3.05, 3.63) is 26.8 Å². The maximum Gasteiger partial charge on any atom is 0.491 e. The molecule has 2 heterocycles. The lowest BCUT2D eigenvalue weighted by Gasteiger charge is -2.32. The molecule has 0 bridgehead atoms. The average Bonchev–Trinajstić information content (AvgIpc) is 2.78. The fraction of sp³-hybridized carbons (Fsp3) is 0.538. The van der Waals surface area contributed by atoms with E-state index in [-0.39, 0.29) is 11.2 Å². The molecular weight excluding hydrogens is 280 g/mol. The minimum Gasteiger partial charge on any atom is -0.400 e. The third-order valence-electron chi connectivity index (χ3n) is 3.78. The first-order valence-corrected chi connectivity index (χ1v) is 7.52. The van der Waals surface area contributed by atoms with Crippen molar-refractivity contribution in [3.8, 4) is 0 Å². The van der Waals surface area contributed by atoms with Crippen LogP contribution in [0.4, 0.5) is 0 Å². The summed E-state index contributed by atoms with van der Waals surface area (Å²) in [5.74, 6) is 0. The molecule has 0 spiro atoms. The van der Waals surface area contributed by atoms with Crippen molar-refractivity contribution in [3.63, 3.8) is 0 Å². The van der Waals surface area contributed by atoms with Crippen LogP contribution in [0.2, 0.25) is 4.34 Å². The first kappa shape index (κ1) is 15.1. The molecule has 1 saturated heterocycles. The largest absolute Gasteiger partial charge is 0.491 e. The van der Waals surface area contributed by atoms with E-state index in [9.17, 15) is 0 Å². The number of rotatable bonds is 3. The van der Waals surface area contributed by atoms with E-state index in [4.69, 9.17) is 26.6 Å². The minimum atomic E-state index is -0.411. The number of halogens is 1. The van der Waals surface area contributed by atoms with Gasteiger partial charge in [0, 0.05) is 12.1 Å². The number of nitrogens with two attached hydrogens (primary N) is 1. The van der Waals surface area contributed by atoms with E-state index in [2.05, 4.69) is 0 Å². The topological polar surface area (TPSA) is 44.5 Å². The summed E-state index contributed by atoms with van der Waals surface area (Å²) in [5.41, 5.74) is 6.98. The highest BCUT2D eigenvalue weighted by atomic mass is 35.5. The predicted molar refractivity (Wildman–Crippen MR) is 82.4 cm³/mol. The van der Waals surface area contributed by atoms with Gasteiger partial charge in [0.25, 0.3) is 0 Å². The monoisotopic (exact) mass is 299 g/mol. The normalized spacial score (nSPS) is 22.0. The average molecular weight is 300 g/mol. The molecule has 0 saturated carbocycles. The van der Waals surface area contributed by atoms with Gasteiger partial charge in [-0.1, -0.05) is 17.7 Å². The molecule has 1 aromatic heterocycles. The number of hydrogen-bond donors (Lipinski definition) is 1. The summed E-state index contributed by atoms with van der Waals surface area (Å²) >= 11 is 7.61. The molecule has 3 nitrogen and oxygen atoms in total. The van der Waals surface area contributed by atoms with Crippen molar-refractivity contribution in [2.45, 2.75) is 38.9 Å². The van der Waals surface area contributed by atoms with Crippen LogP contribution in [0.25, 0.3) is 6.08 Å². The van der Waals surface area contributed by atoms with Gasteiger partial charge in [0.1, 0.15) is 4.34 Å². The van der Waals surface area contributed by atoms with Gasteiger partial charge in [0.15, 0.2) is 0 Å². The third-order valence-corrected chi connectivity index (χ3v) is 4.98. The van der Waals surface area contributed by atoms with Gasteiger partial charge in [-0.15, -0.1) is 11.3 Å². The van der Waals surface area contributed by atoms with Gasteiger partial charge in [-0.05, 0) is 44.6 Å². The van der Waals surface area contributed by atoms with Crippen molar-refractivity contribution in [2.24, 2.45) is 5.73 Å². The zero-order valence-corrected chi connectivity index (χ0v) is 13.3. The fourth-order valence-electron chi connectivity index (χ4n) is 1.82. The van der Waals surface area contributed by atoms with Gasteiger partial charge < -0.3 is 15.0 Å². The molecule has 1 aliphatic heterocycles. The smallest absolute Gasteiger partial charge is 0.400 e. The van der Waals surface area contributed by atoms with E-state index in [0.717, 1.165) is 15.4 Å².